The Morgan fingerprint density at radius 2 is 2.17 bits per heavy atom. The third kappa shape index (κ3) is 3.24. The summed E-state index contributed by atoms with van der Waals surface area (Å²) in [6.07, 6.45) is 0.954. The average Bonchev–Trinajstić information content (AvgIpc) is 3.22. The molecule has 2 heterocycles. The summed E-state index contributed by atoms with van der Waals surface area (Å²) in [5.74, 6) is 0. The largest absolute Gasteiger partial charge is 0.411 e. The molecule has 0 aliphatic carbocycles. The topological polar surface area (TPSA) is 51.0 Å². The summed E-state index contributed by atoms with van der Waals surface area (Å²) >= 11 is 3.45. The van der Waals surface area contributed by atoms with Gasteiger partial charge in [0.05, 0.1) is 22.6 Å². The fourth-order valence-electron chi connectivity index (χ4n) is 3.02. The fourth-order valence-corrected chi connectivity index (χ4v) is 5.04. The van der Waals surface area contributed by atoms with Crippen molar-refractivity contribution in [1.82, 2.24) is 0 Å². The van der Waals surface area contributed by atoms with Gasteiger partial charge in [-0.3, -0.25) is 0 Å². The van der Waals surface area contributed by atoms with E-state index in [9.17, 15) is 0 Å². The molecule has 6 heteroatoms. The van der Waals surface area contributed by atoms with E-state index >= 15 is 0 Å². The van der Waals surface area contributed by atoms with Crippen molar-refractivity contribution in [2.75, 3.05) is 13.7 Å². The van der Waals surface area contributed by atoms with E-state index in [1.54, 1.807) is 37.1 Å². The highest BCUT2D eigenvalue weighted by atomic mass is 32.2. The SMILES string of the molecule is CO[C@]1(c2csc(Sc3ccc(C(C)=NO)cc3)c2)CCO[C@@H]1C. The van der Waals surface area contributed by atoms with E-state index in [4.69, 9.17) is 14.7 Å². The summed E-state index contributed by atoms with van der Waals surface area (Å²) in [5, 5.41) is 14.2. The third-order valence-electron chi connectivity index (χ3n) is 4.57. The molecule has 1 saturated heterocycles. The highest BCUT2D eigenvalue weighted by Crippen LogP contribution is 2.43. The Hall–Kier alpha value is -1.34. The van der Waals surface area contributed by atoms with Crippen LogP contribution in [0.3, 0.4) is 0 Å². The van der Waals surface area contributed by atoms with Gasteiger partial charge in [-0.2, -0.15) is 0 Å². The van der Waals surface area contributed by atoms with Gasteiger partial charge >= 0.3 is 0 Å². The Bertz CT molecular complexity index is 726. The lowest BCUT2D eigenvalue weighted by molar-refractivity contribution is -0.0645. The second kappa shape index (κ2) is 7.27. The van der Waals surface area contributed by atoms with Gasteiger partial charge in [-0.05, 0) is 48.6 Å². The van der Waals surface area contributed by atoms with Gasteiger partial charge in [0, 0.05) is 18.4 Å². The number of methoxy groups -OCH3 is 1. The first kappa shape index (κ1) is 17.5. The van der Waals surface area contributed by atoms with Crippen molar-refractivity contribution in [3.63, 3.8) is 0 Å². The summed E-state index contributed by atoms with van der Waals surface area (Å²) in [6.45, 7) is 4.59. The molecule has 0 unspecified atom stereocenters. The molecule has 1 aromatic heterocycles. The zero-order chi connectivity index (χ0) is 17.2. The minimum Gasteiger partial charge on any atom is -0.411 e. The highest BCUT2D eigenvalue weighted by molar-refractivity contribution is 8.01. The monoisotopic (exact) mass is 363 g/mol. The van der Waals surface area contributed by atoms with Gasteiger partial charge in [0.2, 0.25) is 0 Å². The van der Waals surface area contributed by atoms with Gasteiger partial charge in [-0.15, -0.1) is 11.3 Å². The smallest absolute Gasteiger partial charge is 0.121 e. The number of thiophene rings is 1. The first-order chi connectivity index (χ1) is 11.6. The van der Waals surface area contributed by atoms with E-state index in [2.05, 4.69) is 23.5 Å². The van der Waals surface area contributed by atoms with Crippen LogP contribution in [0.5, 0.6) is 0 Å². The molecule has 0 bridgehead atoms. The molecular formula is C18H21NO3S2. The molecule has 2 atom stereocenters. The quantitative estimate of drug-likeness (QED) is 0.473. The minimum atomic E-state index is -0.326. The van der Waals surface area contributed by atoms with Gasteiger partial charge in [0.15, 0.2) is 0 Å². The van der Waals surface area contributed by atoms with Crippen LogP contribution in [0, 0.1) is 0 Å². The van der Waals surface area contributed by atoms with Crippen LogP contribution in [0.25, 0.3) is 0 Å². The van der Waals surface area contributed by atoms with Crippen molar-refractivity contribution < 1.29 is 14.7 Å². The molecule has 4 nitrogen and oxygen atoms in total. The van der Waals surface area contributed by atoms with Crippen molar-refractivity contribution in [2.24, 2.45) is 5.16 Å². The van der Waals surface area contributed by atoms with Crippen LogP contribution in [-0.2, 0) is 15.1 Å². The Balaban J connectivity index is 1.77. The molecule has 0 saturated carbocycles. The van der Waals surface area contributed by atoms with Gasteiger partial charge in [0.1, 0.15) is 5.60 Å². The molecule has 2 aromatic rings. The van der Waals surface area contributed by atoms with E-state index in [0.29, 0.717) is 5.71 Å². The maximum absolute atomic E-state index is 8.83. The van der Waals surface area contributed by atoms with Crippen molar-refractivity contribution >= 4 is 28.8 Å². The molecule has 128 valence electrons. The van der Waals surface area contributed by atoms with Crippen molar-refractivity contribution in [2.45, 2.75) is 41.1 Å². The third-order valence-corrected chi connectivity index (χ3v) is 6.65. The summed E-state index contributed by atoms with van der Waals surface area (Å²) in [6, 6.07) is 10.2. The Morgan fingerprint density at radius 1 is 1.42 bits per heavy atom. The lowest BCUT2D eigenvalue weighted by atomic mass is 9.90. The van der Waals surface area contributed by atoms with Gasteiger partial charge in [-0.1, -0.05) is 29.1 Å². The van der Waals surface area contributed by atoms with Crippen LogP contribution in [0.4, 0.5) is 0 Å². The van der Waals surface area contributed by atoms with Gasteiger partial charge in [0.25, 0.3) is 0 Å². The molecule has 3 rings (SSSR count). The molecular weight excluding hydrogens is 342 g/mol. The molecule has 24 heavy (non-hydrogen) atoms. The predicted molar refractivity (Wildman–Crippen MR) is 97.6 cm³/mol. The lowest BCUT2D eigenvalue weighted by Gasteiger charge is -2.30. The molecule has 0 spiro atoms. The van der Waals surface area contributed by atoms with Crippen LogP contribution < -0.4 is 0 Å². The first-order valence-electron chi connectivity index (χ1n) is 7.82. The summed E-state index contributed by atoms with van der Waals surface area (Å²) in [4.78, 5) is 1.15. The molecule has 0 amide bonds. The number of ether oxygens (including phenoxy) is 2. The van der Waals surface area contributed by atoms with Gasteiger partial charge in [-0.25, -0.2) is 0 Å². The Kier molecular flexibility index (Phi) is 5.30. The standard InChI is InChI=1S/C18H21NO3S2/c1-12(19-20)14-4-6-16(7-5-14)24-17-10-15(11-23-17)18(21-3)8-9-22-13(18)2/h4-7,10-11,13,20H,8-9H2,1-3H3/t13-,18-/m1/s1. The molecule has 1 aliphatic rings. The van der Waals surface area contributed by atoms with Crippen LogP contribution in [0.15, 0.2) is 50.0 Å². The maximum atomic E-state index is 8.83. The molecule has 1 N–H and O–H groups in total. The number of hydrogen-bond donors (Lipinski definition) is 1. The second-order valence-corrected chi connectivity index (χ2v) is 8.11. The molecule has 0 radical (unpaired) electrons. The fraction of sp³-hybridized carbons (Fsp3) is 0.389. The van der Waals surface area contributed by atoms with Crippen molar-refractivity contribution in [1.29, 1.82) is 0 Å². The number of hydrogen-bond acceptors (Lipinski definition) is 6. The van der Waals surface area contributed by atoms with Gasteiger partial charge < -0.3 is 14.7 Å². The van der Waals surface area contributed by atoms with Crippen LogP contribution in [0.2, 0.25) is 0 Å². The van der Waals surface area contributed by atoms with E-state index in [0.717, 1.165) is 23.5 Å². The lowest BCUT2D eigenvalue weighted by Crippen LogP contribution is -2.35. The minimum absolute atomic E-state index is 0.0648. The van der Waals surface area contributed by atoms with Crippen LogP contribution in [0.1, 0.15) is 31.4 Å². The van der Waals surface area contributed by atoms with Crippen molar-refractivity contribution in [3.8, 4) is 0 Å². The van der Waals surface area contributed by atoms with E-state index in [1.807, 2.05) is 24.3 Å². The first-order valence-corrected chi connectivity index (χ1v) is 9.51. The predicted octanol–water partition coefficient (Wildman–Crippen LogP) is 4.75. The number of oxime groups is 1. The number of benzene rings is 1. The average molecular weight is 364 g/mol. The highest BCUT2D eigenvalue weighted by Gasteiger charge is 2.44. The maximum Gasteiger partial charge on any atom is 0.121 e. The molecule has 1 fully saturated rings. The number of rotatable bonds is 5. The second-order valence-electron chi connectivity index (χ2n) is 5.82. The van der Waals surface area contributed by atoms with E-state index in [1.165, 1.54) is 9.77 Å². The number of nitrogens with zero attached hydrogens (tertiary/aromatic N) is 1. The Morgan fingerprint density at radius 3 is 2.75 bits per heavy atom. The summed E-state index contributed by atoms with van der Waals surface area (Å²) < 4.78 is 12.8. The van der Waals surface area contributed by atoms with Crippen LogP contribution >= 0.6 is 23.1 Å². The normalized spacial score (nSPS) is 24.5. The molecule has 1 aliphatic heterocycles. The molecule has 1 aromatic carbocycles. The van der Waals surface area contributed by atoms with E-state index in [-0.39, 0.29) is 11.7 Å². The Labute approximate surface area is 150 Å². The zero-order valence-corrected chi connectivity index (χ0v) is 15.6. The van der Waals surface area contributed by atoms with Crippen molar-refractivity contribution in [3.05, 3.63) is 46.8 Å². The summed E-state index contributed by atoms with van der Waals surface area (Å²) in [5.41, 5.74) is 2.40. The zero-order valence-electron chi connectivity index (χ0n) is 14.0. The van der Waals surface area contributed by atoms with Crippen LogP contribution in [-0.4, -0.2) is 30.7 Å². The van der Waals surface area contributed by atoms with E-state index < -0.39 is 0 Å². The summed E-state index contributed by atoms with van der Waals surface area (Å²) in [7, 11) is 1.76.